The van der Waals surface area contributed by atoms with Crippen LogP contribution in [0.15, 0.2) is 28.7 Å². The van der Waals surface area contributed by atoms with E-state index >= 15 is 0 Å². The molecule has 0 amide bonds. The van der Waals surface area contributed by atoms with Crippen LogP contribution in [0.1, 0.15) is 31.3 Å². The second-order valence-electron chi connectivity index (χ2n) is 5.52. The van der Waals surface area contributed by atoms with Gasteiger partial charge in [0.25, 0.3) is 0 Å². The molecule has 0 fully saturated rings. The van der Waals surface area contributed by atoms with Gasteiger partial charge < -0.3 is 14.5 Å². The van der Waals surface area contributed by atoms with Crippen molar-refractivity contribution in [3.63, 3.8) is 0 Å². The first-order chi connectivity index (χ1) is 9.78. The highest BCUT2D eigenvalue weighted by Gasteiger charge is 2.21. The molecule has 5 nitrogen and oxygen atoms in total. The van der Waals surface area contributed by atoms with E-state index in [1.807, 2.05) is 24.3 Å². The third-order valence-electron chi connectivity index (χ3n) is 2.59. The molecule has 1 N–H and O–H groups in total. The largest absolute Gasteiger partial charge is 0.457 e. The zero-order valence-electron chi connectivity index (χ0n) is 12.0. The Labute approximate surface area is 130 Å². The number of hydrogen-bond donors (Lipinski definition) is 1. The second-order valence-corrected chi connectivity index (χ2v) is 6.32. The van der Waals surface area contributed by atoms with Crippen LogP contribution in [-0.2, 0) is 14.3 Å². The van der Waals surface area contributed by atoms with Crippen molar-refractivity contribution in [2.24, 2.45) is 0 Å². The third kappa shape index (κ3) is 3.85. The van der Waals surface area contributed by atoms with Crippen LogP contribution >= 0.6 is 15.9 Å². The number of hydrogen-bond acceptors (Lipinski definition) is 4. The van der Waals surface area contributed by atoms with Crippen molar-refractivity contribution in [3.05, 3.63) is 34.4 Å². The molecule has 6 heteroatoms. The van der Waals surface area contributed by atoms with Gasteiger partial charge in [-0.15, -0.1) is 0 Å². The first-order valence-corrected chi connectivity index (χ1v) is 7.22. The highest BCUT2D eigenvalue weighted by atomic mass is 79.9. The fraction of sp³-hybridized carbons (Fsp3) is 0.333. The zero-order valence-corrected chi connectivity index (χ0v) is 13.6. The van der Waals surface area contributed by atoms with Crippen molar-refractivity contribution in [1.82, 2.24) is 4.98 Å². The average Bonchev–Trinajstić information content (AvgIpc) is 2.72. The Morgan fingerprint density at radius 1 is 1.24 bits per heavy atom. The minimum Gasteiger partial charge on any atom is -0.457 e. The Morgan fingerprint density at radius 2 is 1.90 bits per heavy atom. The first-order valence-electron chi connectivity index (χ1n) is 6.43. The number of para-hydroxylation sites is 1. The summed E-state index contributed by atoms with van der Waals surface area (Å²) in [6.45, 7) is 4.83. The fourth-order valence-electron chi connectivity index (χ4n) is 1.82. The van der Waals surface area contributed by atoms with Crippen molar-refractivity contribution in [1.29, 1.82) is 0 Å². The van der Waals surface area contributed by atoms with Gasteiger partial charge in [-0.05, 0) is 42.8 Å². The monoisotopic (exact) mass is 353 g/mol. The quantitative estimate of drug-likeness (QED) is 0.858. The molecule has 0 bridgehead atoms. The predicted octanol–water partition coefficient (Wildman–Crippen LogP) is 3.43. The molecule has 0 aliphatic rings. The van der Waals surface area contributed by atoms with Crippen LogP contribution in [0.4, 0.5) is 0 Å². The van der Waals surface area contributed by atoms with Crippen LogP contribution in [0, 0.1) is 0 Å². The molecule has 112 valence electrons. The maximum atomic E-state index is 12.0. The molecule has 2 rings (SSSR count). The van der Waals surface area contributed by atoms with Crippen molar-refractivity contribution >= 4 is 38.8 Å². The Kier molecular flexibility index (Phi) is 4.37. The van der Waals surface area contributed by atoms with Gasteiger partial charge >= 0.3 is 11.9 Å². The van der Waals surface area contributed by atoms with Crippen molar-refractivity contribution in [3.8, 4) is 0 Å². The topological polar surface area (TPSA) is 68.4 Å². The summed E-state index contributed by atoms with van der Waals surface area (Å²) in [6.07, 6.45) is 0. The van der Waals surface area contributed by atoms with Crippen LogP contribution in [0.3, 0.4) is 0 Å². The summed E-state index contributed by atoms with van der Waals surface area (Å²) in [4.78, 5) is 26.5. The number of carbonyl (C=O) groups is 2. The van der Waals surface area contributed by atoms with E-state index in [2.05, 4.69) is 20.9 Å². The maximum Gasteiger partial charge on any atom is 0.356 e. The molecule has 0 aliphatic heterocycles. The lowest BCUT2D eigenvalue weighted by atomic mass is 10.2. The summed E-state index contributed by atoms with van der Waals surface area (Å²) in [5.74, 6) is -1.19. The second kappa shape index (κ2) is 5.89. The number of fused-ring (bicyclic) bond motifs is 1. The molecule has 0 saturated heterocycles. The molecule has 2 aromatic rings. The molecule has 1 aromatic carbocycles. The average molecular weight is 354 g/mol. The number of esters is 2. The van der Waals surface area contributed by atoms with Gasteiger partial charge in [0, 0.05) is 10.9 Å². The number of benzene rings is 1. The molecule has 0 atom stereocenters. The van der Waals surface area contributed by atoms with E-state index in [0.29, 0.717) is 4.47 Å². The van der Waals surface area contributed by atoms with E-state index in [-0.39, 0.29) is 5.69 Å². The number of aromatic amines is 1. The number of rotatable bonds is 3. The Morgan fingerprint density at radius 3 is 2.52 bits per heavy atom. The van der Waals surface area contributed by atoms with E-state index in [9.17, 15) is 9.59 Å². The Bertz CT molecular complexity index is 685. The molecular weight excluding hydrogens is 338 g/mol. The number of ether oxygens (including phenoxy) is 2. The zero-order chi connectivity index (χ0) is 15.6. The molecule has 1 heterocycles. The number of halogens is 1. The van der Waals surface area contributed by atoms with Gasteiger partial charge in [0.15, 0.2) is 6.61 Å². The number of carbonyl (C=O) groups excluding carboxylic acids is 2. The highest BCUT2D eigenvalue weighted by molar-refractivity contribution is 9.10. The van der Waals surface area contributed by atoms with Gasteiger partial charge in [-0.1, -0.05) is 18.2 Å². The normalized spacial score (nSPS) is 11.4. The highest BCUT2D eigenvalue weighted by Crippen LogP contribution is 2.28. The minimum atomic E-state index is -0.607. The van der Waals surface area contributed by atoms with Gasteiger partial charge in [0.2, 0.25) is 0 Å². The van der Waals surface area contributed by atoms with Crippen molar-refractivity contribution < 1.29 is 19.1 Å². The van der Waals surface area contributed by atoms with E-state index in [0.717, 1.165) is 10.9 Å². The smallest absolute Gasteiger partial charge is 0.356 e. The van der Waals surface area contributed by atoms with E-state index in [4.69, 9.17) is 9.47 Å². The number of aromatic nitrogens is 1. The summed E-state index contributed by atoms with van der Waals surface area (Å²) in [7, 11) is 0. The molecule has 0 saturated carbocycles. The summed E-state index contributed by atoms with van der Waals surface area (Å²) in [5.41, 5.74) is 0.485. The first kappa shape index (κ1) is 15.6. The Balaban J connectivity index is 2.06. The van der Waals surface area contributed by atoms with E-state index in [1.165, 1.54) is 0 Å². The third-order valence-corrected chi connectivity index (χ3v) is 3.41. The minimum absolute atomic E-state index is 0.278. The fourth-order valence-corrected chi connectivity index (χ4v) is 2.42. The molecule has 0 radical (unpaired) electrons. The number of H-pyrrole nitrogens is 1. The summed E-state index contributed by atoms with van der Waals surface area (Å²) in [5, 5.41) is 0.877. The number of nitrogens with one attached hydrogen (secondary N) is 1. The van der Waals surface area contributed by atoms with Crippen LogP contribution < -0.4 is 0 Å². The van der Waals surface area contributed by atoms with Crippen LogP contribution in [0.5, 0.6) is 0 Å². The van der Waals surface area contributed by atoms with Crippen LogP contribution in [0.25, 0.3) is 10.9 Å². The van der Waals surface area contributed by atoms with Crippen molar-refractivity contribution in [2.45, 2.75) is 26.4 Å². The van der Waals surface area contributed by atoms with Gasteiger partial charge in [-0.2, -0.15) is 0 Å². The lowest BCUT2D eigenvalue weighted by molar-refractivity contribution is -0.158. The van der Waals surface area contributed by atoms with Gasteiger partial charge in [-0.3, -0.25) is 0 Å². The molecule has 0 unspecified atom stereocenters. The molecule has 1 aromatic heterocycles. The van der Waals surface area contributed by atoms with Crippen LogP contribution in [0.2, 0.25) is 0 Å². The molecular formula is C15H16BrNO4. The maximum absolute atomic E-state index is 12.0. The van der Waals surface area contributed by atoms with E-state index in [1.54, 1.807) is 20.8 Å². The standard InChI is InChI=1S/C15H16BrNO4/c1-15(2,3)21-11(18)8-20-14(19)13-12(16)9-6-4-5-7-10(9)17-13/h4-7,17H,8H2,1-3H3. The SMILES string of the molecule is CC(C)(C)OC(=O)COC(=O)c1[nH]c2ccccc2c1Br. The summed E-state index contributed by atoms with van der Waals surface area (Å²) in [6, 6.07) is 7.46. The summed E-state index contributed by atoms with van der Waals surface area (Å²) >= 11 is 3.36. The molecule has 0 spiro atoms. The lowest BCUT2D eigenvalue weighted by Gasteiger charge is -2.19. The molecule has 0 aliphatic carbocycles. The summed E-state index contributed by atoms with van der Waals surface area (Å²) < 4.78 is 10.7. The van der Waals surface area contributed by atoms with Gasteiger partial charge in [0.05, 0.1) is 4.47 Å². The molecule has 21 heavy (non-hydrogen) atoms. The Hall–Kier alpha value is -1.82. The van der Waals surface area contributed by atoms with E-state index < -0.39 is 24.1 Å². The van der Waals surface area contributed by atoms with Crippen LogP contribution in [-0.4, -0.2) is 29.1 Å². The van der Waals surface area contributed by atoms with Gasteiger partial charge in [-0.25, -0.2) is 9.59 Å². The predicted molar refractivity (Wildman–Crippen MR) is 82.1 cm³/mol. The van der Waals surface area contributed by atoms with Gasteiger partial charge in [0.1, 0.15) is 11.3 Å². The van der Waals surface area contributed by atoms with Crippen molar-refractivity contribution in [2.75, 3.05) is 6.61 Å². The lowest BCUT2D eigenvalue weighted by Crippen LogP contribution is -2.27.